The van der Waals surface area contributed by atoms with Gasteiger partial charge in [0.2, 0.25) is 11.8 Å². The van der Waals surface area contributed by atoms with Gasteiger partial charge in [-0.1, -0.05) is 18.7 Å². The normalized spacial score (nSPS) is 11.1. The Bertz CT molecular complexity index is 507. The summed E-state index contributed by atoms with van der Waals surface area (Å²) in [7, 11) is 0. The van der Waals surface area contributed by atoms with Gasteiger partial charge in [-0.3, -0.25) is 0 Å². The molecule has 0 radical (unpaired) electrons. The summed E-state index contributed by atoms with van der Waals surface area (Å²) in [5, 5.41) is 17.1. The Kier molecular flexibility index (Phi) is 4.35. The van der Waals surface area contributed by atoms with Crippen LogP contribution in [0.4, 0.5) is 0 Å². The highest BCUT2D eigenvalue weighted by atomic mass is 32.2. The van der Waals surface area contributed by atoms with Crippen LogP contribution in [0, 0.1) is 6.92 Å². The van der Waals surface area contributed by atoms with E-state index in [4.69, 9.17) is 4.42 Å². The van der Waals surface area contributed by atoms with Gasteiger partial charge in [0, 0.05) is 19.9 Å². The molecule has 98 valence electrons. The molecule has 0 fully saturated rings. The first-order valence-electron chi connectivity index (χ1n) is 6.08. The van der Waals surface area contributed by atoms with Crippen molar-refractivity contribution in [3.05, 3.63) is 17.6 Å². The van der Waals surface area contributed by atoms with Crippen LogP contribution in [0.25, 0.3) is 0 Å². The molecule has 7 heteroatoms. The summed E-state index contributed by atoms with van der Waals surface area (Å²) in [5.41, 5.74) is 0. The van der Waals surface area contributed by atoms with E-state index < -0.39 is 0 Å². The Balaban J connectivity index is 2.04. The SMILES string of the molecule is CCCc1nnc(SCc2nnc(C)o2)n1CC. The standard InChI is InChI=1S/C11H17N5OS/c1-4-6-9-13-15-11(16(9)5-2)18-7-10-14-12-8(3)17-10/h4-7H2,1-3H3. The Labute approximate surface area is 110 Å². The molecular weight excluding hydrogens is 250 g/mol. The first kappa shape index (κ1) is 13.1. The number of hydrogen-bond donors (Lipinski definition) is 0. The lowest BCUT2D eigenvalue weighted by atomic mass is 10.3. The predicted molar refractivity (Wildman–Crippen MR) is 68.3 cm³/mol. The molecular formula is C11H17N5OS. The number of thioether (sulfide) groups is 1. The Morgan fingerprint density at radius 2 is 2.00 bits per heavy atom. The van der Waals surface area contributed by atoms with Gasteiger partial charge in [0.15, 0.2) is 5.16 Å². The Morgan fingerprint density at radius 3 is 2.61 bits per heavy atom. The lowest BCUT2D eigenvalue weighted by Gasteiger charge is -2.05. The van der Waals surface area contributed by atoms with E-state index >= 15 is 0 Å². The third kappa shape index (κ3) is 2.90. The molecule has 0 saturated heterocycles. The van der Waals surface area contributed by atoms with Crippen molar-refractivity contribution in [2.24, 2.45) is 0 Å². The van der Waals surface area contributed by atoms with Gasteiger partial charge in [0.05, 0.1) is 5.75 Å². The number of nitrogens with zero attached hydrogens (tertiary/aromatic N) is 5. The Morgan fingerprint density at radius 1 is 1.17 bits per heavy atom. The number of rotatable bonds is 6. The average molecular weight is 267 g/mol. The fraction of sp³-hybridized carbons (Fsp3) is 0.636. The maximum absolute atomic E-state index is 5.33. The van der Waals surface area contributed by atoms with Crippen LogP contribution < -0.4 is 0 Å². The van der Waals surface area contributed by atoms with Crippen LogP contribution in [0.2, 0.25) is 0 Å². The Hall–Kier alpha value is -1.37. The van der Waals surface area contributed by atoms with Crippen molar-refractivity contribution in [3.8, 4) is 0 Å². The summed E-state index contributed by atoms with van der Waals surface area (Å²) in [6.45, 7) is 6.91. The second kappa shape index (κ2) is 5.99. The predicted octanol–water partition coefficient (Wildman–Crippen LogP) is 2.23. The van der Waals surface area contributed by atoms with Crippen molar-refractivity contribution >= 4 is 11.8 Å². The molecule has 0 amide bonds. The van der Waals surface area contributed by atoms with Crippen LogP contribution in [0.15, 0.2) is 9.57 Å². The minimum Gasteiger partial charge on any atom is -0.425 e. The smallest absolute Gasteiger partial charge is 0.226 e. The highest BCUT2D eigenvalue weighted by molar-refractivity contribution is 7.98. The zero-order valence-corrected chi connectivity index (χ0v) is 11.7. The fourth-order valence-electron chi connectivity index (χ4n) is 1.67. The zero-order chi connectivity index (χ0) is 13.0. The van der Waals surface area contributed by atoms with Gasteiger partial charge in [0.25, 0.3) is 0 Å². The van der Waals surface area contributed by atoms with Gasteiger partial charge < -0.3 is 8.98 Å². The maximum atomic E-state index is 5.33. The van der Waals surface area contributed by atoms with Crippen molar-refractivity contribution in [2.45, 2.75) is 51.1 Å². The second-order valence-corrected chi connectivity index (χ2v) is 4.84. The van der Waals surface area contributed by atoms with Crippen molar-refractivity contribution in [1.82, 2.24) is 25.0 Å². The zero-order valence-electron chi connectivity index (χ0n) is 10.9. The van der Waals surface area contributed by atoms with E-state index in [1.807, 2.05) is 0 Å². The molecule has 2 aromatic rings. The molecule has 18 heavy (non-hydrogen) atoms. The third-order valence-electron chi connectivity index (χ3n) is 2.48. The van der Waals surface area contributed by atoms with E-state index in [1.54, 1.807) is 18.7 Å². The molecule has 0 N–H and O–H groups in total. The molecule has 0 saturated carbocycles. The van der Waals surface area contributed by atoms with E-state index in [0.717, 1.165) is 30.4 Å². The highest BCUT2D eigenvalue weighted by Crippen LogP contribution is 2.21. The summed E-state index contributed by atoms with van der Waals surface area (Å²) in [5.74, 6) is 2.89. The first-order valence-corrected chi connectivity index (χ1v) is 7.07. The van der Waals surface area contributed by atoms with Crippen LogP contribution in [0.5, 0.6) is 0 Å². The molecule has 0 bridgehead atoms. The van der Waals surface area contributed by atoms with Crippen molar-refractivity contribution in [2.75, 3.05) is 0 Å². The summed E-state index contributed by atoms with van der Waals surface area (Å²) in [6.07, 6.45) is 2.03. The van der Waals surface area contributed by atoms with Crippen LogP contribution in [0.1, 0.15) is 37.9 Å². The minimum absolute atomic E-state index is 0.592. The summed E-state index contributed by atoms with van der Waals surface area (Å²) >= 11 is 1.58. The van der Waals surface area contributed by atoms with Crippen LogP contribution >= 0.6 is 11.8 Å². The van der Waals surface area contributed by atoms with Crippen LogP contribution in [0.3, 0.4) is 0 Å². The first-order chi connectivity index (χ1) is 8.74. The fourth-order valence-corrected chi connectivity index (χ4v) is 2.53. The van der Waals surface area contributed by atoms with Gasteiger partial charge in [-0.25, -0.2) is 0 Å². The largest absolute Gasteiger partial charge is 0.425 e. The summed E-state index contributed by atoms with van der Waals surface area (Å²) in [6, 6.07) is 0. The molecule has 0 aliphatic rings. The number of aryl methyl sites for hydroxylation is 2. The van der Waals surface area contributed by atoms with Crippen molar-refractivity contribution in [3.63, 3.8) is 0 Å². The molecule has 0 spiro atoms. The molecule has 2 aromatic heterocycles. The van der Waals surface area contributed by atoms with Crippen LogP contribution in [-0.2, 0) is 18.7 Å². The molecule has 0 atom stereocenters. The topological polar surface area (TPSA) is 69.6 Å². The highest BCUT2D eigenvalue weighted by Gasteiger charge is 2.12. The molecule has 0 unspecified atom stereocenters. The minimum atomic E-state index is 0.592. The van der Waals surface area contributed by atoms with Gasteiger partial charge in [0.1, 0.15) is 5.82 Å². The van der Waals surface area contributed by atoms with E-state index in [-0.39, 0.29) is 0 Å². The quantitative estimate of drug-likeness (QED) is 0.747. The van der Waals surface area contributed by atoms with Gasteiger partial charge in [-0.2, -0.15) is 0 Å². The van der Waals surface area contributed by atoms with Gasteiger partial charge in [-0.05, 0) is 13.3 Å². The average Bonchev–Trinajstić information content (AvgIpc) is 2.93. The van der Waals surface area contributed by atoms with Crippen LogP contribution in [-0.4, -0.2) is 25.0 Å². The lowest BCUT2D eigenvalue weighted by Crippen LogP contribution is -2.03. The monoisotopic (exact) mass is 267 g/mol. The van der Waals surface area contributed by atoms with E-state index in [9.17, 15) is 0 Å². The third-order valence-corrected chi connectivity index (χ3v) is 3.43. The van der Waals surface area contributed by atoms with Gasteiger partial charge in [-0.15, -0.1) is 20.4 Å². The summed E-state index contributed by atoms with van der Waals surface area (Å²) in [4.78, 5) is 0. The molecule has 0 aromatic carbocycles. The summed E-state index contributed by atoms with van der Waals surface area (Å²) < 4.78 is 7.47. The number of hydrogen-bond acceptors (Lipinski definition) is 6. The number of aromatic nitrogens is 5. The molecule has 0 aliphatic heterocycles. The van der Waals surface area contributed by atoms with Gasteiger partial charge >= 0.3 is 0 Å². The second-order valence-electron chi connectivity index (χ2n) is 3.90. The van der Waals surface area contributed by atoms with Crippen molar-refractivity contribution < 1.29 is 4.42 Å². The molecule has 2 heterocycles. The molecule has 2 rings (SSSR count). The van der Waals surface area contributed by atoms with E-state index in [2.05, 4.69) is 38.8 Å². The molecule has 0 aliphatic carbocycles. The van der Waals surface area contributed by atoms with E-state index in [1.165, 1.54) is 0 Å². The lowest BCUT2D eigenvalue weighted by molar-refractivity contribution is 0.485. The molecule has 6 nitrogen and oxygen atoms in total. The maximum Gasteiger partial charge on any atom is 0.226 e. The van der Waals surface area contributed by atoms with Crippen molar-refractivity contribution in [1.29, 1.82) is 0 Å². The van der Waals surface area contributed by atoms with E-state index in [0.29, 0.717) is 17.5 Å².